The summed E-state index contributed by atoms with van der Waals surface area (Å²) < 4.78 is 75.8. The first kappa shape index (κ1) is 7.56. The molecule has 0 amide bonds. The molecule has 0 aliphatic carbocycles. The first-order valence-electron chi connectivity index (χ1n) is 10.5. The monoisotopic (exact) mass is 293 g/mol. The maximum Gasteiger partial charge on any atom is 0.518 e. The summed E-state index contributed by atoms with van der Waals surface area (Å²) in [5.74, 6) is 0. The number of rotatable bonds is 2. The van der Waals surface area contributed by atoms with Crippen LogP contribution in [-0.2, 0) is 9.31 Å². The molecule has 0 N–H and O–H groups in total. The highest BCUT2D eigenvalue weighted by atomic mass is 16.7. The average Bonchev–Trinajstić information content (AvgIpc) is 3.01. The van der Waals surface area contributed by atoms with Crippen LogP contribution in [0.15, 0.2) is 30.3 Å². The molecule has 2 aromatic rings. The van der Waals surface area contributed by atoms with E-state index in [1.807, 2.05) is 27.7 Å². The molecule has 0 bridgehead atoms. The lowest BCUT2D eigenvalue weighted by Gasteiger charge is -2.32. The van der Waals surface area contributed by atoms with Gasteiger partial charge in [0.05, 0.1) is 29.9 Å². The van der Waals surface area contributed by atoms with Crippen molar-refractivity contribution < 1.29 is 20.3 Å². The SMILES string of the molecule is [2H]c1c([2H])c(-n2nnc(B3OC(C)(C)C(C)(C)O3)c2[2H])c([2H])c(C([2H])([2H])[2H])c1[2H]. The third-order valence-corrected chi connectivity index (χ3v) is 3.76. The van der Waals surface area contributed by atoms with Crippen LogP contribution in [0.25, 0.3) is 5.69 Å². The van der Waals surface area contributed by atoms with Crippen LogP contribution in [0, 0.1) is 6.85 Å². The third kappa shape index (κ3) is 2.49. The summed E-state index contributed by atoms with van der Waals surface area (Å²) in [7, 11) is -1.02. The van der Waals surface area contributed by atoms with Gasteiger partial charge in [0.1, 0.15) is 5.59 Å². The minimum absolute atomic E-state index is 0.000589. The first-order chi connectivity index (χ1) is 13.1. The van der Waals surface area contributed by atoms with E-state index in [4.69, 9.17) is 20.3 Å². The Morgan fingerprint density at radius 3 is 2.62 bits per heavy atom. The average molecular weight is 293 g/mol. The van der Waals surface area contributed by atoms with E-state index in [9.17, 15) is 0 Å². The van der Waals surface area contributed by atoms with E-state index in [0.717, 1.165) is 4.68 Å². The highest BCUT2D eigenvalue weighted by Crippen LogP contribution is 2.36. The smallest absolute Gasteiger partial charge is 0.398 e. The molecule has 0 unspecified atom stereocenters. The fourth-order valence-electron chi connectivity index (χ4n) is 1.84. The zero-order valence-electron chi connectivity index (χ0n) is 20.2. The van der Waals surface area contributed by atoms with Crippen LogP contribution in [0.4, 0.5) is 0 Å². The zero-order valence-corrected chi connectivity index (χ0v) is 12.2. The molecule has 1 fully saturated rings. The van der Waals surface area contributed by atoms with Gasteiger partial charge in [-0.1, -0.05) is 17.3 Å². The number of aromatic nitrogens is 3. The highest BCUT2D eigenvalue weighted by molar-refractivity contribution is 6.61. The van der Waals surface area contributed by atoms with Crippen molar-refractivity contribution in [2.24, 2.45) is 0 Å². The quantitative estimate of drug-likeness (QED) is 0.793. The Bertz CT molecular complexity index is 973. The molecule has 0 saturated carbocycles. The molecule has 0 radical (unpaired) electrons. The van der Waals surface area contributed by atoms with Crippen molar-refractivity contribution in [3.8, 4) is 5.69 Å². The van der Waals surface area contributed by atoms with Crippen LogP contribution in [0.5, 0.6) is 0 Å². The van der Waals surface area contributed by atoms with Crippen molar-refractivity contribution in [1.29, 1.82) is 0 Å². The number of nitrogens with zero attached hydrogens (tertiary/aromatic N) is 3. The van der Waals surface area contributed by atoms with Crippen LogP contribution >= 0.6 is 0 Å². The summed E-state index contributed by atoms with van der Waals surface area (Å²) in [6.07, 6.45) is -0.362. The van der Waals surface area contributed by atoms with Crippen molar-refractivity contribution in [3.63, 3.8) is 0 Å². The van der Waals surface area contributed by atoms with Gasteiger partial charge >= 0.3 is 7.12 Å². The Morgan fingerprint density at radius 2 is 1.95 bits per heavy atom. The Labute approximate surface area is 136 Å². The summed E-state index contributed by atoms with van der Waals surface area (Å²) in [4.78, 5) is 0. The molecule has 6 heteroatoms. The molecule has 5 nitrogen and oxygen atoms in total. The lowest BCUT2D eigenvalue weighted by atomic mass is 9.86. The second-order valence-corrected chi connectivity index (χ2v) is 5.81. The van der Waals surface area contributed by atoms with Gasteiger partial charge in [-0.05, 0) is 52.2 Å². The van der Waals surface area contributed by atoms with Gasteiger partial charge in [-0.15, -0.1) is 5.10 Å². The molecule has 1 aliphatic heterocycles. The Morgan fingerprint density at radius 1 is 1.24 bits per heavy atom. The maximum absolute atomic E-state index is 8.39. The molecule has 110 valence electrons. The van der Waals surface area contributed by atoms with E-state index in [1.165, 1.54) is 0 Å². The molecule has 0 atom stereocenters. The van der Waals surface area contributed by atoms with E-state index in [2.05, 4.69) is 10.3 Å². The molecule has 0 spiro atoms. The van der Waals surface area contributed by atoms with Crippen molar-refractivity contribution in [3.05, 3.63) is 35.9 Å². The lowest BCUT2D eigenvalue weighted by Crippen LogP contribution is -2.41. The van der Waals surface area contributed by atoms with Gasteiger partial charge in [-0.2, -0.15) is 0 Å². The van der Waals surface area contributed by atoms with Gasteiger partial charge in [0.15, 0.2) is 0 Å². The fourth-order valence-corrected chi connectivity index (χ4v) is 1.84. The maximum atomic E-state index is 8.39. The Hall–Kier alpha value is -1.66. The van der Waals surface area contributed by atoms with Crippen LogP contribution in [0.1, 0.15) is 44.2 Å². The van der Waals surface area contributed by atoms with Gasteiger partial charge in [0.25, 0.3) is 0 Å². The zero-order chi connectivity index (χ0) is 22.1. The molecule has 2 heterocycles. The molecular weight excluding hydrogens is 265 g/mol. The molecule has 1 aliphatic rings. The highest BCUT2D eigenvalue weighted by Gasteiger charge is 2.52. The molecule has 3 rings (SSSR count). The predicted octanol–water partition coefficient (Wildman–Crippen LogP) is 1.87. The second kappa shape index (κ2) is 4.68. The van der Waals surface area contributed by atoms with Crippen molar-refractivity contribution in [2.75, 3.05) is 0 Å². The Balaban J connectivity index is 2.17. The van der Waals surface area contributed by atoms with Crippen LogP contribution in [-0.4, -0.2) is 33.3 Å². The summed E-state index contributed by atoms with van der Waals surface area (Å²) in [5.41, 5.74) is -2.47. The van der Waals surface area contributed by atoms with E-state index in [-0.39, 0.29) is 11.8 Å². The normalized spacial score (nSPS) is 26.0. The second-order valence-electron chi connectivity index (χ2n) is 5.81. The van der Waals surface area contributed by atoms with Crippen molar-refractivity contribution >= 4 is 12.7 Å². The van der Waals surface area contributed by atoms with Crippen molar-refractivity contribution in [1.82, 2.24) is 15.0 Å². The minimum atomic E-state index is -2.84. The molecule has 1 saturated heterocycles. The molecule has 21 heavy (non-hydrogen) atoms. The summed E-state index contributed by atoms with van der Waals surface area (Å²) in [6, 6.07) is -2.66. The molecule has 1 aromatic heterocycles. The van der Waals surface area contributed by atoms with E-state index >= 15 is 0 Å². The summed E-state index contributed by atoms with van der Waals surface area (Å²) in [5, 5.41) is 7.68. The number of hydrogen-bond acceptors (Lipinski definition) is 4. The van der Waals surface area contributed by atoms with Gasteiger partial charge in [0, 0.05) is 4.11 Å². The van der Waals surface area contributed by atoms with E-state index in [1.54, 1.807) is 0 Å². The standard InChI is InChI=1S/C15H20BN3O2/c1-11-7-6-8-12(9-11)19-10-13(17-18-19)16-20-14(2,3)15(4,5)21-16/h6-10H,1-5H3/i1D3,6D,7D,8D,9D,10D. The minimum Gasteiger partial charge on any atom is -0.398 e. The topological polar surface area (TPSA) is 49.2 Å². The van der Waals surface area contributed by atoms with E-state index in [0.29, 0.717) is 0 Å². The number of benzene rings is 1. The van der Waals surface area contributed by atoms with Crippen molar-refractivity contribution in [2.45, 2.75) is 45.7 Å². The van der Waals surface area contributed by atoms with Gasteiger partial charge in [0.2, 0.25) is 0 Å². The van der Waals surface area contributed by atoms with Crippen LogP contribution in [0.3, 0.4) is 0 Å². The lowest BCUT2D eigenvalue weighted by molar-refractivity contribution is 0.00578. The van der Waals surface area contributed by atoms with E-state index < -0.39 is 60.6 Å². The fraction of sp³-hybridized carbons (Fsp3) is 0.467. The van der Waals surface area contributed by atoms with Crippen LogP contribution in [0.2, 0.25) is 0 Å². The predicted molar refractivity (Wildman–Crippen MR) is 81.8 cm³/mol. The largest absolute Gasteiger partial charge is 0.518 e. The Kier molecular flexibility index (Phi) is 1.68. The van der Waals surface area contributed by atoms with Gasteiger partial charge in [-0.3, -0.25) is 0 Å². The number of hydrogen-bond donors (Lipinski definition) is 0. The summed E-state index contributed by atoms with van der Waals surface area (Å²) >= 11 is 0. The molecular formula is C15H20BN3O2. The summed E-state index contributed by atoms with van der Waals surface area (Å²) in [6.45, 7) is 4.46. The third-order valence-electron chi connectivity index (χ3n) is 3.76. The van der Waals surface area contributed by atoms with Gasteiger partial charge in [-0.25, -0.2) is 4.68 Å². The molecule has 1 aromatic carbocycles. The first-order valence-corrected chi connectivity index (χ1v) is 6.49. The van der Waals surface area contributed by atoms with Crippen LogP contribution < -0.4 is 5.59 Å². The van der Waals surface area contributed by atoms with Gasteiger partial charge < -0.3 is 9.31 Å².